The summed E-state index contributed by atoms with van der Waals surface area (Å²) in [6.07, 6.45) is 1.71. The molecule has 116 valence electrons. The zero-order valence-electron chi connectivity index (χ0n) is 12.7. The van der Waals surface area contributed by atoms with E-state index >= 15 is 0 Å². The molecule has 5 nitrogen and oxygen atoms in total. The third kappa shape index (κ3) is 7.08. The molecule has 0 radical (unpaired) electrons. The second-order valence-electron chi connectivity index (χ2n) is 5.79. The van der Waals surface area contributed by atoms with Gasteiger partial charge in [-0.15, -0.1) is 0 Å². The SMILES string of the molecule is C[N+](C)(C)Cc1ccco1.Cc1ccc(S(=O)(=O)[O-])cc1. The van der Waals surface area contributed by atoms with Crippen LogP contribution in [0.15, 0.2) is 52.0 Å². The topological polar surface area (TPSA) is 70.3 Å². The van der Waals surface area contributed by atoms with Gasteiger partial charge in [0.25, 0.3) is 0 Å². The Balaban J connectivity index is 0.000000211. The lowest BCUT2D eigenvalue weighted by Crippen LogP contribution is -2.33. The summed E-state index contributed by atoms with van der Waals surface area (Å²) in [5, 5.41) is 0. The number of aryl methyl sites for hydroxylation is 1. The van der Waals surface area contributed by atoms with Crippen molar-refractivity contribution in [1.82, 2.24) is 0 Å². The number of quaternary nitrogens is 1. The predicted octanol–water partition coefficient (Wildman–Crippen LogP) is 2.38. The van der Waals surface area contributed by atoms with Crippen LogP contribution in [-0.4, -0.2) is 38.6 Å². The molecule has 0 unspecified atom stereocenters. The van der Waals surface area contributed by atoms with Gasteiger partial charge in [0.1, 0.15) is 16.7 Å². The van der Waals surface area contributed by atoms with E-state index < -0.39 is 10.1 Å². The summed E-state index contributed by atoms with van der Waals surface area (Å²) >= 11 is 0. The van der Waals surface area contributed by atoms with Crippen LogP contribution in [0.4, 0.5) is 0 Å². The molecule has 0 amide bonds. The minimum absolute atomic E-state index is 0.178. The predicted molar refractivity (Wildman–Crippen MR) is 79.6 cm³/mol. The monoisotopic (exact) mass is 311 g/mol. The first-order valence-electron chi connectivity index (χ1n) is 6.43. The standard InChI is InChI=1S/C8H14NO.C7H8O3S/c1-9(2,3)7-8-5-4-6-10-8;1-6-2-4-7(5-3-6)11(8,9)10/h4-6H,7H2,1-3H3;2-5H,1H3,(H,8,9,10)/q+1;/p-1. The second-order valence-corrected chi connectivity index (χ2v) is 7.17. The maximum absolute atomic E-state index is 10.4. The van der Waals surface area contributed by atoms with Gasteiger partial charge in [0.05, 0.1) is 32.3 Å². The molecule has 21 heavy (non-hydrogen) atoms. The van der Waals surface area contributed by atoms with E-state index in [-0.39, 0.29) is 4.90 Å². The Morgan fingerprint density at radius 3 is 2.05 bits per heavy atom. The first kappa shape index (κ1) is 17.4. The number of nitrogens with zero attached hydrogens (tertiary/aromatic N) is 1. The van der Waals surface area contributed by atoms with Crippen LogP contribution in [0.25, 0.3) is 0 Å². The van der Waals surface area contributed by atoms with E-state index in [0.717, 1.165) is 22.4 Å². The van der Waals surface area contributed by atoms with Crippen LogP contribution in [0.2, 0.25) is 0 Å². The van der Waals surface area contributed by atoms with Crippen LogP contribution in [0.5, 0.6) is 0 Å². The first-order chi connectivity index (χ1) is 9.58. The maximum Gasteiger partial charge on any atom is 0.158 e. The second kappa shape index (κ2) is 6.89. The molecule has 0 aliphatic carbocycles. The largest absolute Gasteiger partial charge is 0.744 e. The number of hydrogen-bond acceptors (Lipinski definition) is 4. The summed E-state index contributed by atoms with van der Waals surface area (Å²) in [6, 6.07) is 9.71. The van der Waals surface area contributed by atoms with Gasteiger partial charge in [-0.2, -0.15) is 0 Å². The molecule has 2 aromatic rings. The van der Waals surface area contributed by atoms with Crippen LogP contribution < -0.4 is 0 Å². The van der Waals surface area contributed by atoms with Crippen molar-refractivity contribution in [1.29, 1.82) is 0 Å². The minimum atomic E-state index is -4.27. The van der Waals surface area contributed by atoms with Crippen LogP contribution in [0, 0.1) is 6.92 Å². The molecular weight excluding hydrogens is 290 g/mol. The van der Waals surface area contributed by atoms with E-state index in [1.54, 1.807) is 18.4 Å². The van der Waals surface area contributed by atoms with Gasteiger partial charge in [0.15, 0.2) is 5.76 Å². The average molecular weight is 311 g/mol. The maximum atomic E-state index is 10.4. The summed E-state index contributed by atoms with van der Waals surface area (Å²) in [5.74, 6) is 1.05. The van der Waals surface area contributed by atoms with Crippen molar-refractivity contribution in [3.8, 4) is 0 Å². The fourth-order valence-electron chi connectivity index (χ4n) is 1.57. The smallest absolute Gasteiger partial charge is 0.158 e. The highest BCUT2D eigenvalue weighted by molar-refractivity contribution is 7.85. The summed E-state index contributed by atoms with van der Waals surface area (Å²) in [5.41, 5.74) is 0.928. The van der Waals surface area contributed by atoms with Crippen molar-refractivity contribution in [3.05, 3.63) is 54.0 Å². The third-order valence-electron chi connectivity index (χ3n) is 2.52. The fraction of sp³-hybridized carbons (Fsp3) is 0.333. The van der Waals surface area contributed by atoms with Crippen molar-refractivity contribution in [2.45, 2.75) is 18.4 Å². The fourth-order valence-corrected chi connectivity index (χ4v) is 2.04. The molecule has 0 aliphatic heterocycles. The van der Waals surface area contributed by atoms with Gasteiger partial charge in [0.2, 0.25) is 0 Å². The Morgan fingerprint density at radius 1 is 1.10 bits per heavy atom. The van der Waals surface area contributed by atoms with Gasteiger partial charge in [0, 0.05) is 0 Å². The van der Waals surface area contributed by atoms with Gasteiger partial charge in [-0.05, 0) is 31.2 Å². The molecule has 0 bridgehead atoms. The lowest BCUT2D eigenvalue weighted by Gasteiger charge is -2.21. The van der Waals surface area contributed by atoms with Crippen LogP contribution in [-0.2, 0) is 16.7 Å². The summed E-state index contributed by atoms with van der Waals surface area (Å²) in [4.78, 5) is -0.178. The van der Waals surface area contributed by atoms with Crippen molar-refractivity contribution < 1.29 is 21.9 Å². The molecule has 1 aromatic carbocycles. The molecular formula is C15H21NO4S. The van der Waals surface area contributed by atoms with Crippen LogP contribution in [0.3, 0.4) is 0 Å². The Bertz CT molecular complexity index is 638. The Hall–Kier alpha value is -1.63. The lowest BCUT2D eigenvalue weighted by molar-refractivity contribution is -0.884. The van der Waals surface area contributed by atoms with Crippen molar-refractivity contribution >= 4 is 10.1 Å². The number of rotatable bonds is 3. The van der Waals surface area contributed by atoms with Gasteiger partial charge in [-0.25, -0.2) is 8.42 Å². The van der Waals surface area contributed by atoms with Crippen molar-refractivity contribution in [2.75, 3.05) is 21.1 Å². The third-order valence-corrected chi connectivity index (χ3v) is 3.37. The molecule has 2 rings (SSSR count). The molecule has 0 aliphatic rings. The van der Waals surface area contributed by atoms with E-state index in [1.165, 1.54) is 12.1 Å². The number of hydrogen-bond donors (Lipinski definition) is 0. The highest BCUT2D eigenvalue weighted by atomic mass is 32.2. The van der Waals surface area contributed by atoms with E-state index in [4.69, 9.17) is 4.42 Å². The molecule has 0 saturated carbocycles. The molecule has 1 aromatic heterocycles. The van der Waals surface area contributed by atoms with Crippen LogP contribution in [0.1, 0.15) is 11.3 Å². The molecule has 0 fully saturated rings. The highest BCUT2D eigenvalue weighted by Crippen LogP contribution is 2.08. The lowest BCUT2D eigenvalue weighted by atomic mass is 10.2. The van der Waals surface area contributed by atoms with Crippen LogP contribution >= 0.6 is 0 Å². The Labute approximate surface area is 126 Å². The Kier molecular flexibility index (Phi) is 5.71. The van der Waals surface area contributed by atoms with E-state index in [9.17, 15) is 13.0 Å². The zero-order chi connectivity index (χ0) is 16.1. The molecule has 0 saturated heterocycles. The van der Waals surface area contributed by atoms with E-state index in [2.05, 4.69) is 21.1 Å². The minimum Gasteiger partial charge on any atom is -0.744 e. The Morgan fingerprint density at radius 2 is 1.67 bits per heavy atom. The van der Waals surface area contributed by atoms with Crippen molar-refractivity contribution in [2.24, 2.45) is 0 Å². The molecule has 0 N–H and O–H groups in total. The van der Waals surface area contributed by atoms with Crippen molar-refractivity contribution in [3.63, 3.8) is 0 Å². The number of furan rings is 1. The summed E-state index contributed by atoms with van der Waals surface area (Å²) in [7, 11) is 2.15. The molecule has 0 spiro atoms. The van der Waals surface area contributed by atoms with Gasteiger partial charge in [-0.3, -0.25) is 0 Å². The van der Waals surface area contributed by atoms with Gasteiger partial charge < -0.3 is 13.5 Å². The van der Waals surface area contributed by atoms with E-state index in [1.807, 2.05) is 19.1 Å². The summed E-state index contributed by atoms with van der Waals surface area (Å²) < 4.78 is 37.3. The molecule has 0 atom stereocenters. The zero-order valence-corrected chi connectivity index (χ0v) is 13.6. The quantitative estimate of drug-likeness (QED) is 0.644. The van der Waals surface area contributed by atoms with Gasteiger partial charge in [-0.1, -0.05) is 17.7 Å². The van der Waals surface area contributed by atoms with E-state index in [0.29, 0.717) is 0 Å². The normalized spacial score (nSPS) is 11.7. The number of benzene rings is 1. The van der Waals surface area contributed by atoms with Gasteiger partial charge >= 0.3 is 0 Å². The molecule has 6 heteroatoms. The highest BCUT2D eigenvalue weighted by Gasteiger charge is 2.09. The average Bonchev–Trinajstić information content (AvgIpc) is 2.79. The summed E-state index contributed by atoms with van der Waals surface area (Å²) in [6.45, 7) is 2.77. The first-order valence-corrected chi connectivity index (χ1v) is 7.84. The molecule has 1 heterocycles.